The van der Waals surface area contributed by atoms with E-state index in [0.717, 1.165) is 12.8 Å². The Hall–Kier alpha value is -0.0400. The molecule has 0 heterocycles. The predicted octanol–water partition coefficient (Wildman–Crippen LogP) is 0.779. The van der Waals surface area contributed by atoms with Crippen LogP contribution in [0.5, 0.6) is 0 Å². The van der Waals surface area contributed by atoms with E-state index in [1.165, 1.54) is 0 Å². The molecule has 1 nitrogen and oxygen atoms in total. The van der Waals surface area contributed by atoms with Crippen LogP contribution in [0, 0.1) is 0 Å². The van der Waals surface area contributed by atoms with Gasteiger partial charge in [-0.2, -0.15) is 0 Å². The molecule has 0 fully saturated rings. The average molecular weight is 76.1 g/mol. The van der Waals surface area contributed by atoms with E-state index in [-0.39, 0.29) is 0 Å². The standard InChI is InChI=1S/C4H10O/c1-2-3-4-5/h5H,2-4H2,1H3/i4+2. The summed E-state index contributed by atoms with van der Waals surface area (Å²) in [7, 11) is 0. The molecule has 0 radical (unpaired) electrons. The van der Waals surface area contributed by atoms with Crippen molar-refractivity contribution in [1.82, 2.24) is 0 Å². The van der Waals surface area contributed by atoms with Crippen molar-refractivity contribution >= 4 is 0 Å². The van der Waals surface area contributed by atoms with E-state index in [2.05, 4.69) is 6.92 Å². The third-order valence-electron chi connectivity index (χ3n) is 0.512. The van der Waals surface area contributed by atoms with Gasteiger partial charge in [0.1, 0.15) is 0 Å². The van der Waals surface area contributed by atoms with E-state index in [0.29, 0.717) is 6.61 Å². The molecule has 0 aromatic heterocycles. The first-order valence-corrected chi connectivity index (χ1v) is 2.02. The molecule has 0 aliphatic heterocycles. The van der Waals surface area contributed by atoms with Crippen molar-refractivity contribution < 1.29 is 5.11 Å². The molecular weight excluding hydrogens is 66.0 g/mol. The fourth-order valence-corrected chi connectivity index (χ4v) is 0.158. The van der Waals surface area contributed by atoms with Gasteiger partial charge in [0.05, 0.1) is 0 Å². The number of aliphatic hydroxyl groups is 1. The maximum absolute atomic E-state index is 8.07. The van der Waals surface area contributed by atoms with Gasteiger partial charge in [-0.05, 0) is 6.42 Å². The van der Waals surface area contributed by atoms with Crippen molar-refractivity contribution in [2.24, 2.45) is 0 Å². The lowest BCUT2D eigenvalue weighted by atomic mass is 10.5. The Balaban J connectivity index is 2.19. The molecule has 0 saturated heterocycles. The normalized spacial score (nSPS) is 8.40. The first kappa shape index (κ1) is 4.96. The van der Waals surface area contributed by atoms with E-state index < -0.39 is 0 Å². The van der Waals surface area contributed by atoms with Crippen LogP contribution in [0.15, 0.2) is 0 Å². The highest BCUT2D eigenvalue weighted by Crippen LogP contribution is 1.78. The number of aliphatic hydroxyl groups excluding tert-OH is 1. The SMILES string of the molecule is CCC[14CH2]O. The van der Waals surface area contributed by atoms with Crippen molar-refractivity contribution in [3.8, 4) is 0 Å². The van der Waals surface area contributed by atoms with E-state index in [1.54, 1.807) is 0 Å². The minimum Gasteiger partial charge on any atom is -0.396 e. The van der Waals surface area contributed by atoms with E-state index in [9.17, 15) is 0 Å². The summed E-state index contributed by atoms with van der Waals surface area (Å²) in [6.07, 6.45) is 2.04. The average Bonchev–Trinajstić information content (AvgIpc) is 1.41. The first-order valence-electron chi connectivity index (χ1n) is 2.02. The Labute approximate surface area is 32.6 Å². The van der Waals surface area contributed by atoms with E-state index >= 15 is 0 Å². The lowest BCUT2D eigenvalue weighted by Crippen LogP contribution is -1.75. The molecule has 32 valence electrons. The summed E-state index contributed by atoms with van der Waals surface area (Å²) in [6, 6.07) is 0. The van der Waals surface area contributed by atoms with Crippen molar-refractivity contribution in [2.45, 2.75) is 19.8 Å². The summed E-state index contributed by atoms with van der Waals surface area (Å²) in [6.45, 7) is 2.40. The second-order valence-corrected chi connectivity index (χ2v) is 1.08. The minimum atomic E-state index is 0.344. The summed E-state index contributed by atoms with van der Waals surface area (Å²) in [5.41, 5.74) is 0. The number of unbranched alkanes of at least 4 members (excludes halogenated alkanes) is 1. The zero-order valence-corrected chi connectivity index (χ0v) is 3.57. The zero-order chi connectivity index (χ0) is 4.12. The molecule has 0 bridgehead atoms. The summed E-state index contributed by atoms with van der Waals surface area (Å²) in [5, 5.41) is 8.07. The van der Waals surface area contributed by atoms with E-state index in [1.807, 2.05) is 0 Å². The minimum absolute atomic E-state index is 0.344. The topological polar surface area (TPSA) is 20.2 Å². The molecule has 0 aromatic rings. The van der Waals surface area contributed by atoms with Crippen LogP contribution < -0.4 is 0 Å². The van der Waals surface area contributed by atoms with Crippen LogP contribution in [-0.4, -0.2) is 11.7 Å². The summed E-state index contributed by atoms with van der Waals surface area (Å²) >= 11 is 0. The van der Waals surface area contributed by atoms with Crippen molar-refractivity contribution in [3.63, 3.8) is 0 Å². The largest absolute Gasteiger partial charge is 0.396 e. The van der Waals surface area contributed by atoms with Gasteiger partial charge in [0, 0.05) is 6.61 Å². The van der Waals surface area contributed by atoms with Gasteiger partial charge in [-0.1, -0.05) is 13.3 Å². The highest BCUT2D eigenvalue weighted by molar-refractivity contribution is 4.23. The quantitative estimate of drug-likeness (QED) is 0.515. The summed E-state index contributed by atoms with van der Waals surface area (Å²) < 4.78 is 0. The number of hydrogen-bond donors (Lipinski definition) is 1. The lowest BCUT2D eigenvalue weighted by molar-refractivity contribution is 0.287. The molecule has 5 heavy (non-hydrogen) atoms. The third kappa shape index (κ3) is 3.96. The van der Waals surface area contributed by atoms with Crippen LogP contribution >= 0.6 is 0 Å². The van der Waals surface area contributed by atoms with Crippen LogP contribution in [0.25, 0.3) is 0 Å². The molecule has 0 aromatic carbocycles. The molecule has 0 unspecified atom stereocenters. The summed E-state index contributed by atoms with van der Waals surface area (Å²) in [4.78, 5) is 0. The lowest BCUT2D eigenvalue weighted by Gasteiger charge is -1.79. The molecule has 0 saturated carbocycles. The fraction of sp³-hybridized carbons (Fsp3) is 1.00. The van der Waals surface area contributed by atoms with E-state index in [4.69, 9.17) is 5.11 Å². The monoisotopic (exact) mass is 76.1 g/mol. The second kappa shape index (κ2) is 3.96. The zero-order valence-electron chi connectivity index (χ0n) is 3.57. The van der Waals surface area contributed by atoms with Crippen molar-refractivity contribution in [3.05, 3.63) is 0 Å². The smallest absolute Gasteiger partial charge is 0.0430 e. The Kier molecular flexibility index (Phi) is 3.93. The highest BCUT2D eigenvalue weighted by Gasteiger charge is 1.69. The molecule has 0 aliphatic rings. The van der Waals surface area contributed by atoms with Gasteiger partial charge < -0.3 is 5.11 Å². The van der Waals surface area contributed by atoms with Gasteiger partial charge in [-0.15, -0.1) is 0 Å². The molecule has 0 rings (SSSR count). The fourth-order valence-electron chi connectivity index (χ4n) is 0.158. The van der Waals surface area contributed by atoms with Gasteiger partial charge in [-0.3, -0.25) is 0 Å². The van der Waals surface area contributed by atoms with Crippen LogP contribution in [0.4, 0.5) is 0 Å². The van der Waals surface area contributed by atoms with Crippen LogP contribution in [-0.2, 0) is 0 Å². The van der Waals surface area contributed by atoms with Crippen molar-refractivity contribution in [2.75, 3.05) is 6.61 Å². The Morgan fingerprint density at radius 2 is 2.40 bits per heavy atom. The number of hydrogen-bond acceptors (Lipinski definition) is 1. The maximum atomic E-state index is 8.07. The van der Waals surface area contributed by atoms with Gasteiger partial charge in [0.2, 0.25) is 0 Å². The van der Waals surface area contributed by atoms with Crippen LogP contribution in [0.1, 0.15) is 19.8 Å². The third-order valence-corrected chi connectivity index (χ3v) is 0.512. The summed E-state index contributed by atoms with van der Waals surface area (Å²) in [5.74, 6) is 0. The van der Waals surface area contributed by atoms with Crippen LogP contribution in [0.3, 0.4) is 0 Å². The Morgan fingerprint density at radius 1 is 1.80 bits per heavy atom. The Morgan fingerprint density at radius 3 is 2.40 bits per heavy atom. The predicted molar refractivity (Wildman–Crippen MR) is 22.0 cm³/mol. The molecule has 1 heteroatoms. The molecule has 0 atom stereocenters. The Bertz CT molecular complexity index is 11.1. The molecular formula is C4H10O. The van der Waals surface area contributed by atoms with Gasteiger partial charge in [0.25, 0.3) is 0 Å². The van der Waals surface area contributed by atoms with Gasteiger partial charge in [0.15, 0.2) is 0 Å². The number of rotatable bonds is 2. The molecule has 0 amide bonds. The van der Waals surface area contributed by atoms with Crippen molar-refractivity contribution in [1.29, 1.82) is 0 Å². The maximum Gasteiger partial charge on any atom is 0.0430 e. The molecule has 1 N–H and O–H groups in total. The first-order chi connectivity index (χ1) is 2.41. The molecule has 0 spiro atoms. The van der Waals surface area contributed by atoms with Gasteiger partial charge >= 0.3 is 0 Å². The van der Waals surface area contributed by atoms with Crippen LogP contribution in [0.2, 0.25) is 0 Å². The second-order valence-electron chi connectivity index (χ2n) is 1.08. The van der Waals surface area contributed by atoms with Gasteiger partial charge in [-0.25, -0.2) is 0 Å². The highest BCUT2D eigenvalue weighted by atomic mass is 16.5. The molecule has 0 aliphatic carbocycles.